The normalized spacial score (nSPS) is 25.9. The van der Waals surface area contributed by atoms with E-state index in [0.29, 0.717) is 18.7 Å². The number of carboxylic acids is 1. The molecule has 1 aromatic heterocycles. The maximum atomic E-state index is 12.6. The Balaban J connectivity index is 1.56. The van der Waals surface area contributed by atoms with Crippen molar-refractivity contribution < 1.29 is 14.7 Å². The summed E-state index contributed by atoms with van der Waals surface area (Å²) in [6.45, 7) is 2.79. The van der Waals surface area contributed by atoms with Gasteiger partial charge in [0.1, 0.15) is 0 Å². The number of amides is 2. The lowest BCUT2D eigenvalue weighted by Gasteiger charge is -2.23. The number of hydrogen-bond donors (Lipinski definition) is 3. The summed E-state index contributed by atoms with van der Waals surface area (Å²) in [6, 6.07) is 3.53. The molecule has 0 unspecified atom stereocenters. The van der Waals surface area contributed by atoms with Crippen LogP contribution in [0.3, 0.4) is 0 Å². The van der Waals surface area contributed by atoms with Crippen molar-refractivity contribution in [2.45, 2.75) is 26.2 Å². The molecule has 2 heterocycles. The van der Waals surface area contributed by atoms with Crippen molar-refractivity contribution in [2.24, 2.45) is 11.3 Å². The third kappa shape index (κ3) is 2.07. The number of anilines is 1. The Bertz CT molecular complexity index is 830. The number of urea groups is 1. The van der Waals surface area contributed by atoms with E-state index in [1.807, 2.05) is 19.1 Å². The monoisotopic (exact) mass is 328 g/mol. The molecular formula is C17H20N4O3. The van der Waals surface area contributed by atoms with Crippen LogP contribution < -0.4 is 5.32 Å². The molecule has 126 valence electrons. The highest BCUT2D eigenvalue weighted by Gasteiger charge is 2.55. The van der Waals surface area contributed by atoms with Crippen LogP contribution in [0.25, 0.3) is 10.9 Å². The molecule has 1 aliphatic carbocycles. The summed E-state index contributed by atoms with van der Waals surface area (Å²) in [5.74, 6) is -0.711. The van der Waals surface area contributed by atoms with Gasteiger partial charge in [-0.2, -0.15) is 5.10 Å². The third-order valence-electron chi connectivity index (χ3n) is 5.66. The summed E-state index contributed by atoms with van der Waals surface area (Å²) in [7, 11) is 0. The molecule has 0 bridgehead atoms. The first-order chi connectivity index (χ1) is 11.5. The highest BCUT2D eigenvalue weighted by atomic mass is 16.4. The van der Waals surface area contributed by atoms with Crippen LogP contribution in [-0.4, -0.2) is 45.3 Å². The van der Waals surface area contributed by atoms with Crippen molar-refractivity contribution in [3.8, 4) is 0 Å². The number of likely N-dealkylation sites (tertiary alicyclic amines) is 1. The quantitative estimate of drug-likeness (QED) is 0.789. The minimum Gasteiger partial charge on any atom is -0.481 e. The molecule has 1 aromatic carbocycles. The molecule has 2 aromatic rings. The average molecular weight is 328 g/mol. The van der Waals surface area contributed by atoms with Crippen molar-refractivity contribution in [1.82, 2.24) is 15.1 Å². The molecule has 4 rings (SSSR count). The van der Waals surface area contributed by atoms with Crippen LogP contribution in [0.2, 0.25) is 0 Å². The van der Waals surface area contributed by atoms with Crippen molar-refractivity contribution in [3.63, 3.8) is 0 Å². The van der Waals surface area contributed by atoms with Gasteiger partial charge in [-0.05, 0) is 37.3 Å². The molecule has 1 aliphatic heterocycles. The number of nitrogens with one attached hydrogen (secondary N) is 2. The second-order valence-electron chi connectivity index (χ2n) is 6.95. The first kappa shape index (κ1) is 15.0. The van der Waals surface area contributed by atoms with Gasteiger partial charge in [0.05, 0.1) is 22.8 Å². The minimum absolute atomic E-state index is 0.0611. The molecular weight excluding hydrogens is 308 g/mol. The largest absolute Gasteiger partial charge is 0.481 e. The summed E-state index contributed by atoms with van der Waals surface area (Å²) >= 11 is 0. The number of hydrogen-bond acceptors (Lipinski definition) is 3. The Morgan fingerprint density at radius 1 is 1.46 bits per heavy atom. The zero-order valence-corrected chi connectivity index (χ0v) is 13.5. The van der Waals surface area contributed by atoms with Crippen LogP contribution in [0.5, 0.6) is 0 Å². The molecule has 2 aliphatic rings. The number of carbonyl (C=O) groups excluding carboxylic acids is 1. The Morgan fingerprint density at radius 3 is 3.04 bits per heavy atom. The van der Waals surface area contributed by atoms with E-state index >= 15 is 0 Å². The van der Waals surface area contributed by atoms with Gasteiger partial charge in [0.25, 0.3) is 0 Å². The number of carbonyl (C=O) groups is 2. The third-order valence-corrected chi connectivity index (χ3v) is 5.66. The van der Waals surface area contributed by atoms with Gasteiger partial charge in [0.15, 0.2) is 0 Å². The van der Waals surface area contributed by atoms with Crippen LogP contribution in [0.15, 0.2) is 18.3 Å². The number of nitrogens with zero attached hydrogens (tertiary/aromatic N) is 2. The summed E-state index contributed by atoms with van der Waals surface area (Å²) in [5.41, 5.74) is 1.78. The first-order valence-corrected chi connectivity index (χ1v) is 8.23. The van der Waals surface area contributed by atoms with Crippen LogP contribution in [-0.2, 0) is 4.79 Å². The number of aromatic amines is 1. The Morgan fingerprint density at radius 2 is 2.29 bits per heavy atom. The number of rotatable bonds is 2. The minimum atomic E-state index is -0.772. The summed E-state index contributed by atoms with van der Waals surface area (Å²) in [5, 5.41) is 20.5. The van der Waals surface area contributed by atoms with E-state index < -0.39 is 11.4 Å². The molecule has 2 amide bonds. The molecule has 3 N–H and O–H groups in total. The summed E-state index contributed by atoms with van der Waals surface area (Å²) in [6.07, 6.45) is 4.21. The fourth-order valence-electron chi connectivity index (χ4n) is 4.26. The SMILES string of the molecule is Cc1ccc(NC(=O)N2C[C@@H]3CCC[C@@]3(C(=O)O)C2)c2[nH]ncc12. The predicted octanol–water partition coefficient (Wildman–Crippen LogP) is 2.59. The molecule has 2 fully saturated rings. The highest BCUT2D eigenvalue weighted by molar-refractivity contribution is 6.00. The smallest absolute Gasteiger partial charge is 0.321 e. The molecule has 0 radical (unpaired) electrons. The van der Waals surface area contributed by atoms with Crippen LogP contribution in [0.1, 0.15) is 24.8 Å². The first-order valence-electron chi connectivity index (χ1n) is 8.23. The van der Waals surface area contributed by atoms with Gasteiger partial charge >= 0.3 is 12.0 Å². The van der Waals surface area contributed by atoms with E-state index in [1.54, 1.807) is 11.1 Å². The second kappa shape index (κ2) is 5.22. The van der Waals surface area contributed by atoms with Gasteiger partial charge in [0.2, 0.25) is 0 Å². The van der Waals surface area contributed by atoms with Crippen molar-refractivity contribution >= 4 is 28.6 Å². The van der Waals surface area contributed by atoms with Gasteiger partial charge in [-0.25, -0.2) is 4.79 Å². The standard InChI is InChI=1S/C17H20N4O3/c1-10-4-5-13(14-12(10)7-18-20-14)19-16(24)21-8-11-3-2-6-17(11,9-21)15(22)23/h4-5,7,11H,2-3,6,8-9H2,1H3,(H,18,20)(H,19,24)(H,22,23)/t11-,17+/m0/s1. The Hall–Kier alpha value is -2.57. The van der Waals surface area contributed by atoms with Gasteiger partial charge in [-0.3, -0.25) is 9.89 Å². The van der Waals surface area contributed by atoms with Crippen LogP contribution >= 0.6 is 0 Å². The van der Waals surface area contributed by atoms with Gasteiger partial charge < -0.3 is 15.3 Å². The van der Waals surface area contributed by atoms with Gasteiger partial charge in [-0.1, -0.05) is 12.5 Å². The molecule has 2 atom stereocenters. The number of aromatic nitrogens is 2. The topological polar surface area (TPSA) is 98.3 Å². The van der Waals surface area contributed by atoms with Crippen molar-refractivity contribution in [3.05, 3.63) is 23.9 Å². The van der Waals surface area contributed by atoms with E-state index in [4.69, 9.17) is 0 Å². The van der Waals surface area contributed by atoms with E-state index in [1.165, 1.54) is 0 Å². The molecule has 7 heteroatoms. The molecule has 0 spiro atoms. The van der Waals surface area contributed by atoms with E-state index in [0.717, 1.165) is 29.3 Å². The number of aliphatic carboxylic acids is 1. The fraction of sp³-hybridized carbons (Fsp3) is 0.471. The average Bonchev–Trinajstić information content (AvgIpc) is 3.22. The maximum absolute atomic E-state index is 12.6. The Labute approximate surface area is 139 Å². The number of aryl methyl sites for hydroxylation is 1. The van der Waals surface area contributed by atoms with E-state index in [9.17, 15) is 14.7 Å². The molecule has 7 nitrogen and oxygen atoms in total. The lowest BCUT2D eigenvalue weighted by Crippen LogP contribution is -2.38. The lowest BCUT2D eigenvalue weighted by atomic mass is 9.81. The number of fused-ring (bicyclic) bond motifs is 2. The number of H-pyrrole nitrogens is 1. The fourth-order valence-corrected chi connectivity index (χ4v) is 4.26. The highest BCUT2D eigenvalue weighted by Crippen LogP contribution is 2.49. The maximum Gasteiger partial charge on any atom is 0.321 e. The van der Waals surface area contributed by atoms with Gasteiger partial charge in [0, 0.05) is 18.5 Å². The molecule has 1 saturated carbocycles. The van der Waals surface area contributed by atoms with Crippen LogP contribution in [0, 0.1) is 18.3 Å². The summed E-state index contributed by atoms with van der Waals surface area (Å²) in [4.78, 5) is 26.0. The zero-order chi connectivity index (χ0) is 16.9. The lowest BCUT2D eigenvalue weighted by molar-refractivity contribution is -0.149. The van der Waals surface area contributed by atoms with Crippen molar-refractivity contribution in [2.75, 3.05) is 18.4 Å². The van der Waals surface area contributed by atoms with Gasteiger partial charge in [-0.15, -0.1) is 0 Å². The van der Waals surface area contributed by atoms with Crippen LogP contribution in [0.4, 0.5) is 10.5 Å². The summed E-state index contributed by atoms with van der Waals surface area (Å²) < 4.78 is 0. The number of carboxylic acid groups (broad SMARTS) is 1. The molecule has 1 saturated heterocycles. The molecule has 24 heavy (non-hydrogen) atoms. The van der Waals surface area contributed by atoms with E-state index in [-0.39, 0.29) is 18.5 Å². The zero-order valence-electron chi connectivity index (χ0n) is 13.5. The second-order valence-corrected chi connectivity index (χ2v) is 6.95. The predicted molar refractivity (Wildman–Crippen MR) is 88.8 cm³/mol. The Kier molecular flexibility index (Phi) is 3.26. The van der Waals surface area contributed by atoms with Crippen molar-refractivity contribution in [1.29, 1.82) is 0 Å². The van der Waals surface area contributed by atoms with E-state index in [2.05, 4.69) is 15.5 Å². The number of benzene rings is 1.